The van der Waals surface area contributed by atoms with E-state index in [1.54, 1.807) is 14.2 Å². The highest BCUT2D eigenvalue weighted by Gasteiger charge is 2.07. The minimum absolute atomic E-state index is 0.516. The molecule has 152 valence electrons. The van der Waals surface area contributed by atoms with Gasteiger partial charge in [-0.1, -0.05) is 24.3 Å². The van der Waals surface area contributed by atoms with E-state index in [0.29, 0.717) is 6.54 Å². The zero-order valence-corrected chi connectivity index (χ0v) is 17.6. The molecule has 0 amide bonds. The Morgan fingerprint density at radius 3 is 2.36 bits per heavy atom. The van der Waals surface area contributed by atoms with Crippen molar-refractivity contribution in [2.24, 2.45) is 4.99 Å². The minimum Gasteiger partial charge on any atom is -0.497 e. The van der Waals surface area contributed by atoms with E-state index in [9.17, 15) is 0 Å². The molecule has 0 aliphatic heterocycles. The van der Waals surface area contributed by atoms with E-state index in [4.69, 9.17) is 14.5 Å². The Hall–Kier alpha value is -2.73. The van der Waals surface area contributed by atoms with Gasteiger partial charge in [-0.15, -0.1) is 0 Å². The van der Waals surface area contributed by atoms with Crippen molar-refractivity contribution in [3.8, 4) is 11.5 Å². The largest absolute Gasteiger partial charge is 0.497 e. The van der Waals surface area contributed by atoms with Gasteiger partial charge in [0.15, 0.2) is 5.96 Å². The highest BCUT2D eigenvalue weighted by atomic mass is 16.5. The van der Waals surface area contributed by atoms with Gasteiger partial charge in [0, 0.05) is 31.3 Å². The monoisotopic (exact) mass is 384 g/mol. The maximum Gasteiger partial charge on any atom is 0.191 e. The lowest BCUT2D eigenvalue weighted by Crippen LogP contribution is -2.37. The molecular weight excluding hydrogens is 352 g/mol. The summed E-state index contributed by atoms with van der Waals surface area (Å²) in [5, 5.41) is 6.74. The van der Waals surface area contributed by atoms with Crippen LogP contribution in [0.4, 0.5) is 0 Å². The van der Waals surface area contributed by atoms with Crippen molar-refractivity contribution in [1.82, 2.24) is 15.5 Å². The first-order chi connectivity index (χ1) is 13.6. The Bertz CT molecular complexity index is 775. The summed E-state index contributed by atoms with van der Waals surface area (Å²) < 4.78 is 10.7. The van der Waals surface area contributed by atoms with Crippen LogP contribution in [0.15, 0.2) is 47.5 Å². The molecule has 0 spiro atoms. The molecule has 2 aromatic carbocycles. The number of nitrogens with one attached hydrogen (secondary N) is 2. The Kier molecular flexibility index (Phi) is 8.62. The fourth-order valence-corrected chi connectivity index (χ4v) is 2.89. The first-order valence-corrected chi connectivity index (χ1v) is 9.52. The molecule has 0 fully saturated rings. The number of nitrogens with zero attached hydrogens (tertiary/aromatic N) is 2. The van der Waals surface area contributed by atoms with Gasteiger partial charge < -0.3 is 25.0 Å². The Morgan fingerprint density at radius 2 is 1.71 bits per heavy atom. The average molecular weight is 385 g/mol. The molecule has 0 heterocycles. The highest BCUT2D eigenvalue weighted by Crippen LogP contribution is 2.25. The fourth-order valence-electron chi connectivity index (χ4n) is 2.89. The quantitative estimate of drug-likeness (QED) is 0.514. The Labute approximate surface area is 168 Å². The molecule has 28 heavy (non-hydrogen) atoms. The molecule has 0 radical (unpaired) electrons. The lowest BCUT2D eigenvalue weighted by molar-refractivity contribution is 0.391. The van der Waals surface area contributed by atoms with E-state index in [0.717, 1.165) is 42.7 Å². The van der Waals surface area contributed by atoms with Crippen LogP contribution in [0.2, 0.25) is 0 Å². The number of methoxy groups -OCH3 is 2. The predicted molar refractivity (Wildman–Crippen MR) is 115 cm³/mol. The number of aliphatic imine (C=N–C) groups is 1. The third-order valence-corrected chi connectivity index (χ3v) is 4.30. The van der Waals surface area contributed by atoms with Crippen molar-refractivity contribution in [1.29, 1.82) is 0 Å². The molecule has 2 N–H and O–H groups in total. The summed E-state index contributed by atoms with van der Waals surface area (Å²) in [6, 6.07) is 14.3. The standard InChI is InChI=1S/C22H32N4O2/c1-6-23-22(24-14-17-9-7-8-10-19(17)16-26(2)3)25-15-18-11-12-20(27-4)13-21(18)28-5/h7-13H,6,14-16H2,1-5H3,(H2,23,24,25). The van der Waals surface area contributed by atoms with Gasteiger partial charge in [-0.05, 0) is 44.3 Å². The zero-order chi connectivity index (χ0) is 20.4. The summed E-state index contributed by atoms with van der Waals surface area (Å²) in [4.78, 5) is 6.89. The minimum atomic E-state index is 0.516. The summed E-state index contributed by atoms with van der Waals surface area (Å²) in [6.07, 6.45) is 0. The van der Waals surface area contributed by atoms with E-state index in [-0.39, 0.29) is 0 Å². The molecule has 6 heteroatoms. The van der Waals surface area contributed by atoms with Crippen LogP contribution < -0.4 is 20.1 Å². The molecule has 0 aliphatic carbocycles. The number of benzene rings is 2. The summed E-state index contributed by atoms with van der Waals surface area (Å²) in [5.74, 6) is 2.32. The lowest BCUT2D eigenvalue weighted by Gasteiger charge is -2.16. The van der Waals surface area contributed by atoms with Crippen molar-refractivity contribution in [3.63, 3.8) is 0 Å². The second kappa shape index (κ2) is 11.2. The van der Waals surface area contributed by atoms with Gasteiger partial charge in [-0.2, -0.15) is 0 Å². The van der Waals surface area contributed by atoms with E-state index >= 15 is 0 Å². The third kappa shape index (κ3) is 6.46. The first-order valence-electron chi connectivity index (χ1n) is 9.52. The molecule has 0 saturated heterocycles. The molecule has 0 saturated carbocycles. The van der Waals surface area contributed by atoms with Gasteiger partial charge in [0.05, 0.1) is 20.8 Å². The van der Waals surface area contributed by atoms with Crippen molar-refractivity contribution in [2.75, 3.05) is 34.9 Å². The van der Waals surface area contributed by atoms with E-state index < -0.39 is 0 Å². The van der Waals surface area contributed by atoms with Crippen LogP contribution in [0, 0.1) is 0 Å². The van der Waals surface area contributed by atoms with Crippen LogP contribution in [-0.4, -0.2) is 45.7 Å². The zero-order valence-electron chi connectivity index (χ0n) is 17.6. The van der Waals surface area contributed by atoms with Crippen molar-refractivity contribution >= 4 is 5.96 Å². The molecule has 0 unspecified atom stereocenters. The van der Waals surface area contributed by atoms with Gasteiger partial charge >= 0.3 is 0 Å². The van der Waals surface area contributed by atoms with E-state index in [1.165, 1.54) is 11.1 Å². The van der Waals surface area contributed by atoms with Crippen molar-refractivity contribution < 1.29 is 9.47 Å². The summed E-state index contributed by atoms with van der Waals surface area (Å²) in [7, 11) is 7.47. The van der Waals surface area contributed by atoms with Gasteiger partial charge in [-0.25, -0.2) is 4.99 Å². The van der Waals surface area contributed by atoms with Crippen LogP contribution in [0.25, 0.3) is 0 Å². The second-order valence-corrected chi connectivity index (χ2v) is 6.73. The Balaban J connectivity index is 2.09. The topological polar surface area (TPSA) is 58.1 Å². The van der Waals surface area contributed by atoms with Crippen LogP contribution in [0.3, 0.4) is 0 Å². The summed E-state index contributed by atoms with van der Waals surface area (Å²) >= 11 is 0. The van der Waals surface area contributed by atoms with Crippen LogP contribution in [-0.2, 0) is 19.6 Å². The van der Waals surface area contributed by atoms with E-state index in [1.807, 2.05) is 18.2 Å². The molecule has 0 aromatic heterocycles. The lowest BCUT2D eigenvalue weighted by atomic mass is 10.1. The van der Waals surface area contributed by atoms with E-state index in [2.05, 4.69) is 60.8 Å². The predicted octanol–water partition coefficient (Wildman–Crippen LogP) is 3.02. The summed E-state index contributed by atoms with van der Waals surface area (Å²) in [5.41, 5.74) is 3.59. The Morgan fingerprint density at radius 1 is 0.964 bits per heavy atom. The molecule has 0 atom stereocenters. The number of hydrogen-bond donors (Lipinski definition) is 2. The van der Waals surface area contributed by atoms with Crippen molar-refractivity contribution in [3.05, 3.63) is 59.2 Å². The van der Waals surface area contributed by atoms with Gasteiger partial charge in [0.2, 0.25) is 0 Å². The maximum atomic E-state index is 5.47. The normalized spacial score (nSPS) is 11.4. The number of hydrogen-bond acceptors (Lipinski definition) is 4. The van der Waals surface area contributed by atoms with Crippen LogP contribution in [0.5, 0.6) is 11.5 Å². The SMILES string of the molecule is CCNC(=NCc1ccc(OC)cc1OC)NCc1ccccc1CN(C)C. The molecular formula is C22H32N4O2. The average Bonchev–Trinajstić information content (AvgIpc) is 2.70. The fraction of sp³-hybridized carbons (Fsp3) is 0.409. The maximum absolute atomic E-state index is 5.47. The second-order valence-electron chi connectivity index (χ2n) is 6.73. The summed E-state index contributed by atoms with van der Waals surface area (Å²) in [6.45, 7) is 5.00. The molecule has 0 bridgehead atoms. The van der Waals surface area contributed by atoms with Crippen LogP contribution >= 0.6 is 0 Å². The highest BCUT2D eigenvalue weighted by molar-refractivity contribution is 5.79. The molecule has 6 nitrogen and oxygen atoms in total. The van der Waals surface area contributed by atoms with Gasteiger partial charge in [0.1, 0.15) is 11.5 Å². The van der Waals surface area contributed by atoms with Gasteiger partial charge in [0.25, 0.3) is 0 Å². The smallest absolute Gasteiger partial charge is 0.191 e. The third-order valence-electron chi connectivity index (χ3n) is 4.30. The molecule has 0 aliphatic rings. The first kappa shape index (κ1) is 21.6. The molecule has 2 aromatic rings. The van der Waals surface area contributed by atoms with Crippen molar-refractivity contribution in [2.45, 2.75) is 26.6 Å². The molecule has 2 rings (SSSR count). The van der Waals surface area contributed by atoms with Crippen LogP contribution in [0.1, 0.15) is 23.6 Å². The number of rotatable bonds is 9. The number of ether oxygens (including phenoxy) is 2. The van der Waals surface area contributed by atoms with Gasteiger partial charge in [-0.3, -0.25) is 0 Å². The number of guanidine groups is 1.